The minimum absolute atomic E-state index is 0.0430. The van der Waals surface area contributed by atoms with E-state index in [9.17, 15) is 9.59 Å². The standard InChI is InChI=1S/C16H20N2O2S/c19-15-11-18(10-13-7-4-8-21-13)16(20)14(17-15)9-12-5-2-1-3-6-12/h1-3,5-6,13-14H,4,7-11H2,(H,17,19). The molecule has 2 amide bonds. The van der Waals surface area contributed by atoms with E-state index >= 15 is 0 Å². The van der Waals surface area contributed by atoms with Crippen LogP contribution in [0.1, 0.15) is 18.4 Å². The molecule has 112 valence electrons. The van der Waals surface area contributed by atoms with E-state index in [0.29, 0.717) is 18.2 Å². The van der Waals surface area contributed by atoms with E-state index in [4.69, 9.17) is 0 Å². The molecular formula is C16H20N2O2S. The van der Waals surface area contributed by atoms with Crippen molar-refractivity contribution in [1.82, 2.24) is 10.2 Å². The first-order chi connectivity index (χ1) is 10.2. The number of carbonyl (C=O) groups excluding carboxylic acids is 2. The second-order valence-corrected chi connectivity index (χ2v) is 7.07. The maximum Gasteiger partial charge on any atom is 0.245 e. The van der Waals surface area contributed by atoms with E-state index < -0.39 is 6.04 Å². The number of piperazine rings is 1. The molecule has 2 fully saturated rings. The van der Waals surface area contributed by atoms with Gasteiger partial charge in [0, 0.05) is 18.2 Å². The predicted molar refractivity (Wildman–Crippen MR) is 84.1 cm³/mol. The number of hydrogen-bond donors (Lipinski definition) is 1. The Bertz CT molecular complexity index is 514. The van der Waals surface area contributed by atoms with Gasteiger partial charge in [-0.05, 0) is 24.2 Å². The fourth-order valence-electron chi connectivity index (χ4n) is 2.95. The molecule has 2 atom stereocenters. The molecule has 0 saturated carbocycles. The molecule has 5 heteroatoms. The SMILES string of the molecule is O=C1CN(CC2CCCS2)C(=O)C(Cc2ccccc2)N1. The topological polar surface area (TPSA) is 49.4 Å². The minimum atomic E-state index is -0.417. The highest BCUT2D eigenvalue weighted by Crippen LogP contribution is 2.27. The molecule has 2 heterocycles. The van der Waals surface area contributed by atoms with Crippen LogP contribution < -0.4 is 5.32 Å². The third kappa shape index (κ3) is 3.59. The molecule has 1 aromatic carbocycles. The van der Waals surface area contributed by atoms with Crippen molar-refractivity contribution >= 4 is 23.6 Å². The van der Waals surface area contributed by atoms with E-state index in [0.717, 1.165) is 12.0 Å². The van der Waals surface area contributed by atoms with Crippen molar-refractivity contribution in [2.45, 2.75) is 30.6 Å². The molecule has 2 aliphatic heterocycles. The van der Waals surface area contributed by atoms with Crippen molar-refractivity contribution in [2.24, 2.45) is 0 Å². The van der Waals surface area contributed by atoms with Gasteiger partial charge < -0.3 is 10.2 Å². The van der Waals surface area contributed by atoms with Crippen LogP contribution in [0.2, 0.25) is 0 Å². The summed E-state index contributed by atoms with van der Waals surface area (Å²) in [4.78, 5) is 26.2. The highest BCUT2D eigenvalue weighted by Gasteiger charge is 2.34. The van der Waals surface area contributed by atoms with Gasteiger partial charge in [0.1, 0.15) is 6.04 Å². The molecule has 1 aromatic rings. The van der Waals surface area contributed by atoms with Gasteiger partial charge in [0.25, 0.3) is 0 Å². The fourth-order valence-corrected chi connectivity index (χ4v) is 4.24. The highest BCUT2D eigenvalue weighted by atomic mass is 32.2. The molecule has 2 aliphatic rings. The van der Waals surface area contributed by atoms with Gasteiger partial charge in [-0.25, -0.2) is 0 Å². The molecule has 2 unspecified atom stereocenters. The molecule has 0 aromatic heterocycles. The van der Waals surface area contributed by atoms with Crippen LogP contribution in [0, 0.1) is 0 Å². The fraction of sp³-hybridized carbons (Fsp3) is 0.500. The molecule has 0 bridgehead atoms. The summed E-state index contributed by atoms with van der Waals surface area (Å²) in [6.07, 6.45) is 2.94. The Kier molecular flexibility index (Phi) is 4.48. The summed E-state index contributed by atoms with van der Waals surface area (Å²) < 4.78 is 0. The summed E-state index contributed by atoms with van der Waals surface area (Å²) >= 11 is 1.92. The van der Waals surface area contributed by atoms with Crippen LogP contribution in [0.5, 0.6) is 0 Å². The summed E-state index contributed by atoms with van der Waals surface area (Å²) in [5, 5.41) is 3.33. The number of benzene rings is 1. The Morgan fingerprint density at radius 1 is 1.24 bits per heavy atom. The van der Waals surface area contributed by atoms with Gasteiger partial charge >= 0.3 is 0 Å². The lowest BCUT2D eigenvalue weighted by atomic mass is 10.0. The van der Waals surface area contributed by atoms with Crippen LogP contribution in [0.4, 0.5) is 0 Å². The summed E-state index contributed by atoms with van der Waals surface area (Å²) in [5.74, 6) is 1.19. The third-order valence-corrected chi connectivity index (χ3v) is 5.39. The first kappa shape index (κ1) is 14.4. The molecule has 0 aliphatic carbocycles. The summed E-state index contributed by atoms with van der Waals surface area (Å²) in [6, 6.07) is 9.43. The normalized spacial score (nSPS) is 26.0. The predicted octanol–water partition coefficient (Wildman–Crippen LogP) is 1.45. The second-order valence-electron chi connectivity index (χ2n) is 5.66. The van der Waals surface area contributed by atoms with Gasteiger partial charge in [-0.1, -0.05) is 30.3 Å². The number of amides is 2. The van der Waals surface area contributed by atoms with Gasteiger partial charge in [-0.15, -0.1) is 0 Å². The largest absolute Gasteiger partial charge is 0.342 e. The minimum Gasteiger partial charge on any atom is -0.342 e. The maximum atomic E-state index is 12.6. The Morgan fingerprint density at radius 2 is 2.05 bits per heavy atom. The summed E-state index contributed by atoms with van der Waals surface area (Å²) in [5.41, 5.74) is 1.08. The van der Waals surface area contributed by atoms with Crippen molar-refractivity contribution < 1.29 is 9.59 Å². The first-order valence-electron chi connectivity index (χ1n) is 7.46. The number of nitrogens with zero attached hydrogens (tertiary/aromatic N) is 1. The van der Waals surface area contributed by atoms with Gasteiger partial charge in [-0.2, -0.15) is 11.8 Å². The molecular weight excluding hydrogens is 284 g/mol. The van der Waals surface area contributed by atoms with Crippen LogP contribution in [0.3, 0.4) is 0 Å². The average Bonchev–Trinajstić information content (AvgIpc) is 2.98. The Labute approximate surface area is 129 Å². The zero-order chi connectivity index (χ0) is 14.7. The van der Waals surface area contributed by atoms with Crippen molar-refractivity contribution in [3.63, 3.8) is 0 Å². The van der Waals surface area contributed by atoms with Crippen LogP contribution in [0.15, 0.2) is 30.3 Å². The molecule has 2 saturated heterocycles. The monoisotopic (exact) mass is 304 g/mol. The maximum absolute atomic E-state index is 12.6. The van der Waals surface area contributed by atoms with Crippen molar-refractivity contribution in [3.05, 3.63) is 35.9 Å². The third-order valence-electron chi connectivity index (χ3n) is 4.01. The van der Waals surface area contributed by atoms with Gasteiger partial charge in [0.2, 0.25) is 11.8 Å². The summed E-state index contributed by atoms with van der Waals surface area (Å²) in [6.45, 7) is 0.920. The molecule has 21 heavy (non-hydrogen) atoms. The van der Waals surface area contributed by atoms with E-state index in [1.165, 1.54) is 12.2 Å². The Balaban J connectivity index is 1.66. The van der Waals surface area contributed by atoms with Crippen LogP contribution in [0.25, 0.3) is 0 Å². The molecule has 0 radical (unpaired) electrons. The van der Waals surface area contributed by atoms with Gasteiger partial charge in [0.05, 0.1) is 6.54 Å². The number of hydrogen-bond acceptors (Lipinski definition) is 3. The number of carbonyl (C=O) groups is 2. The molecule has 1 N–H and O–H groups in total. The quantitative estimate of drug-likeness (QED) is 0.916. The molecule has 4 nitrogen and oxygen atoms in total. The number of rotatable bonds is 4. The van der Waals surface area contributed by atoms with E-state index in [1.54, 1.807) is 4.90 Å². The molecule has 3 rings (SSSR count). The zero-order valence-corrected chi connectivity index (χ0v) is 12.8. The molecule has 0 spiro atoms. The Morgan fingerprint density at radius 3 is 2.76 bits per heavy atom. The second kappa shape index (κ2) is 6.52. The van der Waals surface area contributed by atoms with Crippen molar-refractivity contribution in [3.8, 4) is 0 Å². The van der Waals surface area contributed by atoms with E-state index in [-0.39, 0.29) is 18.4 Å². The van der Waals surface area contributed by atoms with E-state index in [1.807, 2.05) is 42.1 Å². The lowest BCUT2D eigenvalue weighted by Crippen LogP contribution is -2.59. The van der Waals surface area contributed by atoms with Crippen molar-refractivity contribution in [2.75, 3.05) is 18.8 Å². The number of nitrogens with one attached hydrogen (secondary N) is 1. The van der Waals surface area contributed by atoms with E-state index in [2.05, 4.69) is 5.32 Å². The van der Waals surface area contributed by atoms with Crippen molar-refractivity contribution in [1.29, 1.82) is 0 Å². The van der Waals surface area contributed by atoms with Crippen LogP contribution in [-0.4, -0.2) is 46.8 Å². The lowest BCUT2D eigenvalue weighted by Gasteiger charge is -2.34. The van der Waals surface area contributed by atoms with Crippen LogP contribution in [-0.2, 0) is 16.0 Å². The van der Waals surface area contributed by atoms with Gasteiger partial charge in [0.15, 0.2) is 0 Å². The van der Waals surface area contributed by atoms with Gasteiger partial charge in [-0.3, -0.25) is 9.59 Å². The highest BCUT2D eigenvalue weighted by molar-refractivity contribution is 8.00. The Hall–Kier alpha value is -1.49. The lowest BCUT2D eigenvalue weighted by molar-refractivity contribution is -0.144. The smallest absolute Gasteiger partial charge is 0.245 e. The number of thioether (sulfide) groups is 1. The average molecular weight is 304 g/mol. The zero-order valence-electron chi connectivity index (χ0n) is 12.0. The van der Waals surface area contributed by atoms with Crippen LogP contribution >= 0.6 is 11.8 Å². The summed E-state index contributed by atoms with van der Waals surface area (Å²) in [7, 11) is 0. The first-order valence-corrected chi connectivity index (χ1v) is 8.51.